The minimum Gasteiger partial charge on any atom is -0.309 e. The molecule has 1 N–H and O–H groups in total. The number of hydrogen-bond donors (Lipinski definition) is 1. The highest BCUT2D eigenvalue weighted by molar-refractivity contribution is 7.90. The number of aromatic nitrogens is 2. The highest BCUT2D eigenvalue weighted by Gasteiger charge is 2.06. The molecule has 0 fully saturated rings. The Morgan fingerprint density at radius 3 is 2.75 bits per heavy atom. The zero-order valence-electron chi connectivity index (χ0n) is 9.55. The van der Waals surface area contributed by atoms with Crippen LogP contribution in [-0.4, -0.2) is 36.9 Å². The van der Waals surface area contributed by atoms with Gasteiger partial charge in [-0.25, -0.2) is 8.42 Å². The Morgan fingerprint density at radius 2 is 2.19 bits per heavy atom. The fourth-order valence-electron chi connectivity index (χ4n) is 1.29. The summed E-state index contributed by atoms with van der Waals surface area (Å²) in [6, 6.07) is 0.0910. The Bertz CT molecular complexity index is 405. The summed E-state index contributed by atoms with van der Waals surface area (Å²) in [6.45, 7) is 2.63. The third-order valence-electron chi connectivity index (χ3n) is 2.17. The molecule has 0 aliphatic heterocycles. The van der Waals surface area contributed by atoms with Gasteiger partial charge in [-0.15, -0.1) is 0 Å². The number of hydrogen-bond acceptors (Lipinski definition) is 5. The van der Waals surface area contributed by atoms with Gasteiger partial charge in [0.15, 0.2) is 0 Å². The number of nitrogens with zero attached hydrogens (tertiary/aromatic N) is 2. The third-order valence-corrected chi connectivity index (χ3v) is 3.20. The molecule has 16 heavy (non-hydrogen) atoms. The smallest absolute Gasteiger partial charge is 0.147 e. The first-order valence-electron chi connectivity index (χ1n) is 5.16. The van der Waals surface area contributed by atoms with Gasteiger partial charge in [0.25, 0.3) is 0 Å². The molecular formula is C10H17N3O2S. The molecule has 0 bridgehead atoms. The number of rotatable bonds is 6. The van der Waals surface area contributed by atoms with E-state index >= 15 is 0 Å². The van der Waals surface area contributed by atoms with E-state index in [9.17, 15) is 8.42 Å². The fraction of sp³-hybridized carbons (Fsp3) is 0.600. The van der Waals surface area contributed by atoms with Crippen molar-refractivity contribution in [2.45, 2.75) is 19.4 Å². The quantitative estimate of drug-likeness (QED) is 0.739. The summed E-state index contributed by atoms with van der Waals surface area (Å²) in [5.74, 6) is 0.215. The van der Waals surface area contributed by atoms with E-state index in [0.29, 0.717) is 13.0 Å². The average Bonchev–Trinajstić information content (AvgIpc) is 2.24. The molecule has 1 unspecified atom stereocenters. The second-order valence-corrected chi connectivity index (χ2v) is 6.05. The summed E-state index contributed by atoms with van der Waals surface area (Å²) in [6.07, 6.45) is 6.83. The van der Waals surface area contributed by atoms with Gasteiger partial charge in [0.1, 0.15) is 9.84 Å². The van der Waals surface area contributed by atoms with Crippen molar-refractivity contribution in [3.63, 3.8) is 0 Å². The van der Waals surface area contributed by atoms with Crippen molar-refractivity contribution in [3.05, 3.63) is 24.3 Å². The Kier molecular flexibility index (Phi) is 4.82. The van der Waals surface area contributed by atoms with Crippen LogP contribution in [0.4, 0.5) is 0 Å². The average molecular weight is 243 g/mol. The van der Waals surface area contributed by atoms with Gasteiger partial charge in [-0.1, -0.05) is 0 Å². The van der Waals surface area contributed by atoms with Crippen LogP contribution in [0.3, 0.4) is 0 Å². The van der Waals surface area contributed by atoms with E-state index in [0.717, 1.165) is 5.69 Å². The largest absolute Gasteiger partial charge is 0.309 e. The molecule has 0 aliphatic carbocycles. The van der Waals surface area contributed by atoms with Gasteiger partial charge in [0.2, 0.25) is 0 Å². The lowest BCUT2D eigenvalue weighted by Crippen LogP contribution is -2.22. The monoisotopic (exact) mass is 243 g/mol. The second kappa shape index (κ2) is 5.91. The topological polar surface area (TPSA) is 72.0 Å². The molecule has 1 rings (SSSR count). The van der Waals surface area contributed by atoms with Crippen molar-refractivity contribution in [3.8, 4) is 0 Å². The van der Waals surface area contributed by atoms with E-state index in [2.05, 4.69) is 15.3 Å². The van der Waals surface area contributed by atoms with Crippen LogP contribution in [0, 0.1) is 0 Å². The fourth-order valence-corrected chi connectivity index (χ4v) is 1.96. The van der Waals surface area contributed by atoms with Crippen molar-refractivity contribution >= 4 is 9.84 Å². The standard InChI is InChI=1S/C10H17N3O2S/c1-9(10-8-11-5-6-13-10)12-4-3-7-16(2,14)15/h5-6,8-9,12H,3-4,7H2,1-2H3. The molecule has 1 heterocycles. The predicted octanol–water partition coefficient (Wildman–Crippen LogP) is 0.562. The number of nitrogens with one attached hydrogen (secondary N) is 1. The van der Waals surface area contributed by atoms with Gasteiger partial charge in [-0.3, -0.25) is 9.97 Å². The molecular weight excluding hydrogens is 226 g/mol. The normalized spacial score (nSPS) is 13.6. The van der Waals surface area contributed by atoms with Crippen LogP contribution in [0.2, 0.25) is 0 Å². The molecule has 0 aromatic carbocycles. The van der Waals surface area contributed by atoms with Gasteiger partial charge in [-0.05, 0) is 19.9 Å². The van der Waals surface area contributed by atoms with Crippen LogP contribution in [0.15, 0.2) is 18.6 Å². The van der Waals surface area contributed by atoms with Crippen LogP contribution in [0.1, 0.15) is 25.1 Å². The zero-order chi connectivity index (χ0) is 12.0. The van der Waals surface area contributed by atoms with E-state index in [4.69, 9.17) is 0 Å². The lowest BCUT2D eigenvalue weighted by molar-refractivity contribution is 0.551. The summed E-state index contributed by atoms with van der Waals surface area (Å²) in [7, 11) is -2.85. The van der Waals surface area contributed by atoms with Crippen LogP contribution >= 0.6 is 0 Å². The van der Waals surface area contributed by atoms with E-state index in [1.54, 1.807) is 18.6 Å². The zero-order valence-corrected chi connectivity index (χ0v) is 10.4. The lowest BCUT2D eigenvalue weighted by Gasteiger charge is -2.12. The van der Waals surface area contributed by atoms with E-state index in [1.807, 2.05) is 6.92 Å². The molecule has 1 atom stereocenters. The SMILES string of the molecule is CC(NCCCS(C)(=O)=O)c1cnccn1. The molecule has 0 spiro atoms. The van der Waals surface area contributed by atoms with Crippen LogP contribution < -0.4 is 5.32 Å². The minimum atomic E-state index is -2.85. The second-order valence-electron chi connectivity index (χ2n) is 3.79. The molecule has 5 nitrogen and oxygen atoms in total. The van der Waals surface area contributed by atoms with Crippen molar-refractivity contribution in [2.75, 3.05) is 18.6 Å². The van der Waals surface area contributed by atoms with Crippen LogP contribution in [0.25, 0.3) is 0 Å². The van der Waals surface area contributed by atoms with Crippen molar-refractivity contribution in [1.29, 1.82) is 0 Å². The van der Waals surface area contributed by atoms with Crippen molar-refractivity contribution in [1.82, 2.24) is 15.3 Å². The number of sulfone groups is 1. The van der Waals surface area contributed by atoms with Gasteiger partial charge < -0.3 is 5.32 Å². The molecule has 0 saturated heterocycles. The third kappa shape index (κ3) is 5.18. The summed E-state index contributed by atoms with van der Waals surface area (Å²) >= 11 is 0. The van der Waals surface area contributed by atoms with Crippen LogP contribution in [0.5, 0.6) is 0 Å². The van der Waals surface area contributed by atoms with E-state index in [1.165, 1.54) is 6.26 Å². The Balaban J connectivity index is 2.29. The summed E-state index contributed by atoms with van der Waals surface area (Å²) in [5.41, 5.74) is 0.863. The first-order valence-corrected chi connectivity index (χ1v) is 7.22. The minimum absolute atomic E-state index is 0.0910. The lowest BCUT2D eigenvalue weighted by atomic mass is 10.2. The maximum absolute atomic E-state index is 10.9. The molecule has 0 aliphatic rings. The summed E-state index contributed by atoms with van der Waals surface area (Å²) in [4.78, 5) is 8.14. The maximum Gasteiger partial charge on any atom is 0.147 e. The first-order chi connectivity index (χ1) is 7.49. The van der Waals surface area contributed by atoms with Gasteiger partial charge in [-0.2, -0.15) is 0 Å². The molecule has 0 radical (unpaired) electrons. The van der Waals surface area contributed by atoms with Crippen molar-refractivity contribution < 1.29 is 8.42 Å². The molecule has 90 valence electrons. The van der Waals surface area contributed by atoms with Crippen molar-refractivity contribution in [2.24, 2.45) is 0 Å². The molecule has 1 aromatic rings. The van der Waals surface area contributed by atoms with Gasteiger partial charge >= 0.3 is 0 Å². The molecule has 1 aromatic heterocycles. The Labute approximate surface area is 96.2 Å². The molecule has 0 saturated carbocycles. The predicted molar refractivity (Wildman–Crippen MR) is 62.8 cm³/mol. The van der Waals surface area contributed by atoms with Crippen LogP contribution in [-0.2, 0) is 9.84 Å². The highest BCUT2D eigenvalue weighted by atomic mass is 32.2. The maximum atomic E-state index is 10.9. The van der Waals surface area contributed by atoms with Gasteiger partial charge in [0.05, 0.1) is 11.4 Å². The Morgan fingerprint density at radius 1 is 1.44 bits per heavy atom. The molecule has 6 heteroatoms. The summed E-state index contributed by atoms with van der Waals surface area (Å²) < 4.78 is 21.8. The highest BCUT2D eigenvalue weighted by Crippen LogP contribution is 2.05. The first kappa shape index (κ1) is 13.1. The summed E-state index contributed by atoms with van der Waals surface area (Å²) in [5, 5.41) is 3.20. The van der Waals surface area contributed by atoms with E-state index < -0.39 is 9.84 Å². The van der Waals surface area contributed by atoms with E-state index in [-0.39, 0.29) is 11.8 Å². The van der Waals surface area contributed by atoms with Gasteiger partial charge in [0, 0.05) is 30.9 Å². The molecule has 0 amide bonds. The Hall–Kier alpha value is -1.01.